The van der Waals surface area contributed by atoms with Crippen molar-refractivity contribution in [2.75, 3.05) is 6.61 Å². The largest absolute Gasteiger partial charge is 0.503 e. The van der Waals surface area contributed by atoms with Crippen molar-refractivity contribution in [3.8, 4) is 11.5 Å². The molecule has 7 heteroatoms. The van der Waals surface area contributed by atoms with Gasteiger partial charge in [0.15, 0.2) is 21.3 Å². The number of carboxylic acids is 1. The number of hydrogen-bond acceptors (Lipinski definition) is 6. The molecule has 0 saturated heterocycles. The maximum Gasteiger partial charge on any atom is 0.352 e. The summed E-state index contributed by atoms with van der Waals surface area (Å²) in [7, 11) is 0. The Hall–Kier alpha value is -1.76. The Morgan fingerprint density at radius 3 is 2.20 bits per heavy atom. The highest BCUT2D eigenvalue weighted by molar-refractivity contribution is 7.16. The third kappa shape index (κ3) is 2.01. The monoisotopic (exact) mass is 232 g/mol. The summed E-state index contributed by atoms with van der Waals surface area (Å²) in [5.74, 6) is -3.84. The van der Waals surface area contributed by atoms with Crippen molar-refractivity contribution in [3.05, 3.63) is 9.75 Å². The minimum absolute atomic E-state index is 0.0966. The average Bonchev–Trinajstić information content (AvgIpc) is 2.45. The van der Waals surface area contributed by atoms with Crippen LogP contribution in [0.3, 0.4) is 0 Å². The second-order valence-corrected chi connectivity index (χ2v) is 3.50. The van der Waals surface area contributed by atoms with Gasteiger partial charge in [-0.25, -0.2) is 9.59 Å². The molecule has 3 N–H and O–H groups in total. The van der Waals surface area contributed by atoms with Crippen LogP contribution in [0.4, 0.5) is 0 Å². The van der Waals surface area contributed by atoms with Crippen LogP contribution in [0.2, 0.25) is 0 Å². The molecule has 0 aliphatic carbocycles. The van der Waals surface area contributed by atoms with Gasteiger partial charge in [-0.05, 0) is 6.92 Å². The fraction of sp³-hybridized carbons (Fsp3) is 0.250. The molecular weight excluding hydrogens is 224 g/mol. The lowest BCUT2D eigenvalue weighted by atomic mass is 10.3. The van der Waals surface area contributed by atoms with Crippen LogP contribution < -0.4 is 0 Å². The SMILES string of the molecule is CCOC(=O)c1sc(C(=O)O)c(O)c1O. The molecule has 0 atom stereocenters. The van der Waals surface area contributed by atoms with Crippen LogP contribution in [0.5, 0.6) is 11.5 Å². The van der Waals surface area contributed by atoms with E-state index in [0.29, 0.717) is 11.3 Å². The smallest absolute Gasteiger partial charge is 0.352 e. The number of rotatable bonds is 3. The normalized spacial score (nSPS) is 9.93. The van der Waals surface area contributed by atoms with Crippen LogP contribution >= 0.6 is 11.3 Å². The second-order valence-electron chi connectivity index (χ2n) is 2.48. The summed E-state index contributed by atoms with van der Waals surface area (Å²) >= 11 is 0.468. The number of carbonyl (C=O) groups excluding carboxylic acids is 1. The highest BCUT2D eigenvalue weighted by atomic mass is 32.1. The minimum atomic E-state index is -1.41. The number of carbonyl (C=O) groups is 2. The number of hydrogen-bond donors (Lipinski definition) is 3. The molecule has 0 amide bonds. The maximum absolute atomic E-state index is 11.2. The summed E-state index contributed by atoms with van der Waals surface area (Å²) in [4.78, 5) is 20.9. The van der Waals surface area contributed by atoms with Gasteiger partial charge in [0.05, 0.1) is 6.61 Å². The molecule has 0 aromatic carbocycles. The summed E-state index contributed by atoms with van der Waals surface area (Å²) in [5.41, 5.74) is 0. The van der Waals surface area contributed by atoms with Crippen molar-refractivity contribution in [2.45, 2.75) is 6.92 Å². The lowest BCUT2D eigenvalue weighted by molar-refractivity contribution is 0.0528. The standard InChI is InChI=1S/C8H8O6S/c1-2-14-8(13)6-4(10)3(9)5(15-6)7(11)12/h9-10H,2H2,1H3,(H,11,12). The van der Waals surface area contributed by atoms with E-state index < -0.39 is 28.3 Å². The predicted octanol–water partition coefficient (Wildman–Crippen LogP) is 1.03. The van der Waals surface area contributed by atoms with Crippen molar-refractivity contribution in [2.24, 2.45) is 0 Å². The van der Waals surface area contributed by atoms with Gasteiger partial charge in [0.25, 0.3) is 0 Å². The maximum atomic E-state index is 11.2. The van der Waals surface area contributed by atoms with Crippen molar-refractivity contribution in [1.29, 1.82) is 0 Å². The molecule has 0 aliphatic heterocycles. The molecule has 6 nitrogen and oxygen atoms in total. The fourth-order valence-electron chi connectivity index (χ4n) is 0.894. The first kappa shape index (κ1) is 11.3. The first-order chi connectivity index (χ1) is 6.99. The van der Waals surface area contributed by atoms with Crippen LogP contribution in [0.1, 0.15) is 26.3 Å². The van der Waals surface area contributed by atoms with Crippen LogP contribution in [0.15, 0.2) is 0 Å². The molecule has 1 heterocycles. The molecule has 82 valence electrons. The van der Waals surface area contributed by atoms with Gasteiger partial charge in [-0.1, -0.05) is 0 Å². The summed E-state index contributed by atoms with van der Waals surface area (Å²) in [6, 6.07) is 0. The second kappa shape index (κ2) is 4.18. The zero-order chi connectivity index (χ0) is 11.6. The van der Waals surface area contributed by atoms with E-state index in [4.69, 9.17) is 5.11 Å². The first-order valence-corrected chi connectivity index (χ1v) is 4.75. The Bertz CT molecular complexity index is 408. The van der Waals surface area contributed by atoms with E-state index in [-0.39, 0.29) is 11.5 Å². The molecule has 0 bridgehead atoms. The van der Waals surface area contributed by atoms with E-state index in [9.17, 15) is 19.8 Å². The molecular formula is C8H8O6S. The zero-order valence-electron chi connectivity index (χ0n) is 7.68. The number of thiophene rings is 1. The summed E-state index contributed by atoms with van der Waals surface area (Å²) in [6.45, 7) is 1.67. The van der Waals surface area contributed by atoms with Gasteiger partial charge in [0.2, 0.25) is 0 Å². The molecule has 15 heavy (non-hydrogen) atoms. The van der Waals surface area contributed by atoms with Crippen molar-refractivity contribution < 1.29 is 29.6 Å². The van der Waals surface area contributed by atoms with Crippen LogP contribution in [0, 0.1) is 0 Å². The average molecular weight is 232 g/mol. The molecule has 1 aromatic rings. The Kier molecular flexibility index (Phi) is 3.15. The van der Waals surface area contributed by atoms with E-state index in [1.807, 2.05) is 0 Å². The first-order valence-electron chi connectivity index (χ1n) is 3.94. The molecule has 1 aromatic heterocycles. The summed E-state index contributed by atoms with van der Waals surface area (Å²) in [5, 5.41) is 27.0. The summed E-state index contributed by atoms with van der Waals surface area (Å²) < 4.78 is 4.56. The van der Waals surface area contributed by atoms with E-state index in [0.717, 1.165) is 0 Å². The van der Waals surface area contributed by atoms with E-state index >= 15 is 0 Å². The molecule has 0 saturated carbocycles. The Morgan fingerprint density at radius 2 is 1.80 bits per heavy atom. The third-order valence-corrected chi connectivity index (χ3v) is 2.65. The molecule has 0 radical (unpaired) electrons. The Balaban J connectivity index is 3.16. The van der Waals surface area contributed by atoms with Gasteiger partial charge in [-0.15, -0.1) is 11.3 Å². The summed E-state index contributed by atoms with van der Waals surface area (Å²) in [6.07, 6.45) is 0. The molecule has 0 spiro atoms. The lowest BCUT2D eigenvalue weighted by Gasteiger charge is -1.97. The highest BCUT2D eigenvalue weighted by Crippen LogP contribution is 2.40. The van der Waals surface area contributed by atoms with Crippen molar-refractivity contribution >= 4 is 23.3 Å². The quantitative estimate of drug-likeness (QED) is 0.672. The molecule has 1 rings (SSSR count). The van der Waals surface area contributed by atoms with Crippen molar-refractivity contribution in [1.82, 2.24) is 0 Å². The van der Waals surface area contributed by atoms with Crippen molar-refractivity contribution in [3.63, 3.8) is 0 Å². The van der Waals surface area contributed by atoms with Crippen LogP contribution in [0.25, 0.3) is 0 Å². The number of aromatic carboxylic acids is 1. The number of carboxylic acid groups (broad SMARTS) is 1. The van der Waals surface area contributed by atoms with E-state index in [2.05, 4.69) is 4.74 Å². The van der Waals surface area contributed by atoms with Crippen LogP contribution in [-0.2, 0) is 4.74 Å². The van der Waals surface area contributed by atoms with E-state index in [1.165, 1.54) is 0 Å². The molecule has 0 unspecified atom stereocenters. The number of esters is 1. The minimum Gasteiger partial charge on any atom is -0.503 e. The Morgan fingerprint density at radius 1 is 1.27 bits per heavy atom. The van der Waals surface area contributed by atoms with Crippen LogP contribution in [-0.4, -0.2) is 33.9 Å². The zero-order valence-corrected chi connectivity index (χ0v) is 8.50. The van der Waals surface area contributed by atoms with Gasteiger partial charge in [0.1, 0.15) is 0 Å². The van der Waals surface area contributed by atoms with Gasteiger partial charge in [0, 0.05) is 0 Å². The van der Waals surface area contributed by atoms with Gasteiger partial charge < -0.3 is 20.1 Å². The van der Waals surface area contributed by atoms with E-state index in [1.54, 1.807) is 6.92 Å². The van der Waals surface area contributed by atoms with Gasteiger partial charge in [-0.3, -0.25) is 0 Å². The third-order valence-electron chi connectivity index (χ3n) is 1.51. The Labute approximate surface area is 88.4 Å². The topological polar surface area (TPSA) is 104 Å². The number of aromatic hydroxyl groups is 2. The van der Waals surface area contributed by atoms with Gasteiger partial charge >= 0.3 is 11.9 Å². The number of ether oxygens (including phenoxy) is 1. The lowest BCUT2D eigenvalue weighted by Crippen LogP contribution is -2.02. The van der Waals surface area contributed by atoms with Gasteiger partial charge in [-0.2, -0.15) is 0 Å². The molecule has 0 fully saturated rings. The molecule has 0 aliphatic rings. The predicted molar refractivity (Wildman–Crippen MR) is 50.6 cm³/mol. The highest BCUT2D eigenvalue weighted by Gasteiger charge is 2.26. The fourth-order valence-corrected chi connectivity index (χ4v) is 1.71.